The zero-order valence-electron chi connectivity index (χ0n) is 17.3. The number of hydrogen-bond acceptors (Lipinski definition) is 7. The molecule has 2 aromatic heterocycles. The lowest BCUT2D eigenvalue weighted by Crippen LogP contribution is -2.43. The van der Waals surface area contributed by atoms with E-state index in [1.54, 1.807) is 6.92 Å². The van der Waals surface area contributed by atoms with E-state index < -0.39 is 0 Å². The maximum atomic E-state index is 12.9. The molecule has 0 unspecified atom stereocenters. The molecule has 1 aliphatic rings. The first-order valence-electron chi connectivity index (χ1n) is 10.1. The van der Waals surface area contributed by atoms with E-state index in [0.717, 1.165) is 30.7 Å². The average molecular weight is 428 g/mol. The number of benzene rings is 1. The lowest BCUT2D eigenvalue weighted by molar-refractivity contribution is -0.122. The quantitative estimate of drug-likeness (QED) is 0.650. The summed E-state index contributed by atoms with van der Waals surface area (Å²) in [5.74, 6) is 0.780. The molecule has 158 valence electrons. The van der Waals surface area contributed by atoms with Crippen molar-refractivity contribution in [3.63, 3.8) is 0 Å². The van der Waals surface area contributed by atoms with E-state index in [9.17, 15) is 9.59 Å². The third-order valence-electron chi connectivity index (χ3n) is 4.93. The van der Waals surface area contributed by atoms with Crippen molar-refractivity contribution in [1.29, 1.82) is 0 Å². The summed E-state index contributed by atoms with van der Waals surface area (Å²) in [4.78, 5) is 31.9. The van der Waals surface area contributed by atoms with E-state index in [1.807, 2.05) is 43.0 Å². The third kappa shape index (κ3) is 4.30. The molecule has 0 saturated carbocycles. The highest BCUT2D eigenvalue weighted by atomic mass is 32.1. The fourth-order valence-electron chi connectivity index (χ4n) is 3.56. The summed E-state index contributed by atoms with van der Waals surface area (Å²) in [6.07, 6.45) is 1.78. The molecule has 30 heavy (non-hydrogen) atoms. The van der Waals surface area contributed by atoms with Crippen LogP contribution in [0.25, 0.3) is 4.96 Å². The average Bonchev–Trinajstić information content (AvgIpc) is 3.33. The molecule has 9 heteroatoms. The summed E-state index contributed by atoms with van der Waals surface area (Å²) in [5.41, 5.74) is 1.47. The van der Waals surface area contributed by atoms with E-state index in [-0.39, 0.29) is 23.6 Å². The van der Waals surface area contributed by atoms with Crippen molar-refractivity contribution in [2.24, 2.45) is 0 Å². The molecule has 3 aromatic rings. The fraction of sp³-hybridized carbons (Fsp3) is 0.429. The van der Waals surface area contributed by atoms with Crippen molar-refractivity contribution in [1.82, 2.24) is 19.9 Å². The third-order valence-corrected chi connectivity index (χ3v) is 5.87. The zero-order valence-corrected chi connectivity index (χ0v) is 18.1. The van der Waals surface area contributed by atoms with Gasteiger partial charge in [-0.15, -0.1) is 5.10 Å². The molecule has 8 nitrogen and oxygen atoms in total. The predicted molar refractivity (Wildman–Crippen MR) is 116 cm³/mol. The summed E-state index contributed by atoms with van der Waals surface area (Å²) in [7, 11) is 0. The molecule has 3 heterocycles. The fourth-order valence-corrected chi connectivity index (χ4v) is 4.59. The number of ether oxygens (including phenoxy) is 1. The van der Waals surface area contributed by atoms with Crippen LogP contribution in [-0.4, -0.2) is 39.2 Å². The number of nitrogens with one attached hydrogen (secondary N) is 1. The Balaban J connectivity index is 1.44. The van der Waals surface area contributed by atoms with Crippen LogP contribution in [0.1, 0.15) is 37.9 Å². The first-order valence-corrected chi connectivity index (χ1v) is 10.9. The van der Waals surface area contributed by atoms with E-state index >= 15 is 0 Å². The summed E-state index contributed by atoms with van der Waals surface area (Å²) in [6.45, 7) is 6.94. The molecule has 0 aliphatic carbocycles. The summed E-state index contributed by atoms with van der Waals surface area (Å²) < 4.78 is 6.96. The van der Waals surface area contributed by atoms with Gasteiger partial charge in [-0.25, -0.2) is 4.98 Å². The standard InChI is InChI=1S/C21H25N5O3S/c1-13(2)29-16-8-6-15(7-9-16)12-22-19(28)17-5-4-10-25(17)21-24-26-18(27)11-14(3)23-20(26)30-21/h6-9,11,13,17H,4-5,10,12H2,1-3H3,(H,22,28)/t17-/m0/s1. The minimum atomic E-state index is -0.300. The number of carbonyl (C=O) groups excluding carboxylic acids is 1. The second-order valence-corrected chi connectivity index (χ2v) is 8.63. The van der Waals surface area contributed by atoms with Crippen molar-refractivity contribution in [3.05, 3.63) is 51.9 Å². The van der Waals surface area contributed by atoms with Crippen LogP contribution in [0.15, 0.2) is 35.1 Å². The SMILES string of the molecule is Cc1cc(=O)n2nc(N3CCC[C@H]3C(=O)NCc3ccc(OC(C)C)cc3)sc2n1. The van der Waals surface area contributed by atoms with Gasteiger partial charge in [-0.2, -0.15) is 4.52 Å². The smallest absolute Gasteiger partial charge is 0.275 e. The molecule has 1 aliphatic heterocycles. The van der Waals surface area contributed by atoms with Crippen LogP contribution in [0.5, 0.6) is 5.75 Å². The van der Waals surface area contributed by atoms with Crippen molar-refractivity contribution >= 4 is 27.3 Å². The maximum Gasteiger partial charge on any atom is 0.275 e. The number of anilines is 1. The van der Waals surface area contributed by atoms with Crippen LogP contribution in [0.2, 0.25) is 0 Å². The van der Waals surface area contributed by atoms with Gasteiger partial charge in [0.1, 0.15) is 11.8 Å². The molecule has 1 aromatic carbocycles. The van der Waals surface area contributed by atoms with Crippen LogP contribution < -0.4 is 20.5 Å². The van der Waals surface area contributed by atoms with E-state index in [0.29, 0.717) is 22.3 Å². The van der Waals surface area contributed by atoms with Gasteiger partial charge >= 0.3 is 0 Å². The zero-order chi connectivity index (χ0) is 21.3. The van der Waals surface area contributed by atoms with Gasteiger partial charge in [0.25, 0.3) is 5.56 Å². The molecule has 0 bridgehead atoms. The minimum Gasteiger partial charge on any atom is -0.491 e. The highest BCUT2D eigenvalue weighted by Crippen LogP contribution is 2.29. The van der Waals surface area contributed by atoms with Gasteiger partial charge in [0.05, 0.1) is 6.10 Å². The Morgan fingerprint density at radius 2 is 2.10 bits per heavy atom. The highest BCUT2D eigenvalue weighted by Gasteiger charge is 2.33. The lowest BCUT2D eigenvalue weighted by atomic mass is 10.2. The summed E-state index contributed by atoms with van der Waals surface area (Å²) >= 11 is 1.34. The molecule has 1 N–H and O–H groups in total. The molecule has 1 saturated heterocycles. The Kier molecular flexibility index (Phi) is 5.72. The first-order chi connectivity index (χ1) is 14.4. The van der Waals surface area contributed by atoms with Crippen molar-refractivity contribution in [3.8, 4) is 5.75 Å². The van der Waals surface area contributed by atoms with Gasteiger partial charge in [0.15, 0.2) is 0 Å². The highest BCUT2D eigenvalue weighted by molar-refractivity contribution is 7.20. The predicted octanol–water partition coefficient (Wildman–Crippen LogP) is 2.53. The van der Waals surface area contributed by atoms with Gasteiger partial charge in [0.2, 0.25) is 16.0 Å². The van der Waals surface area contributed by atoms with Gasteiger partial charge in [-0.1, -0.05) is 23.5 Å². The Hall–Kier alpha value is -2.94. The molecule has 0 radical (unpaired) electrons. The van der Waals surface area contributed by atoms with E-state index in [2.05, 4.69) is 15.4 Å². The minimum absolute atomic E-state index is 0.0363. The molecule has 0 spiro atoms. The van der Waals surface area contributed by atoms with Crippen molar-refractivity contribution in [2.45, 2.75) is 52.3 Å². The monoisotopic (exact) mass is 427 g/mol. The van der Waals surface area contributed by atoms with Gasteiger partial charge in [-0.05, 0) is 51.3 Å². The van der Waals surface area contributed by atoms with Crippen LogP contribution >= 0.6 is 11.3 Å². The number of nitrogens with zero attached hydrogens (tertiary/aromatic N) is 4. The number of aryl methyl sites for hydroxylation is 1. The Labute approximate surface area is 178 Å². The number of amides is 1. The molecular weight excluding hydrogens is 402 g/mol. The summed E-state index contributed by atoms with van der Waals surface area (Å²) in [5, 5.41) is 8.09. The second kappa shape index (κ2) is 8.43. The molecule has 1 atom stereocenters. The normalized spacial score (nSPS) is 16.4. The number of fused-ring (bicyclic) bond motifs is 1. The largest absolute Gasteiger partial charge is 0.491 e. The second-order valence-electron chi connectivity index (χ2n) is 7.69. The van der Waals surface area contributed by atoms with Crippen molar-refractivity contribution < 1.29 is 9.53 Å². The first kappa shape index (κ1) is 20.3. The Morgan fingerprint density at radius 1 is 1.33 bits per heavy atom. The topological polar surface area (TPSA) is 88.8 Å². The Morgan fingerprint density at radius 3 is 2.83 bits per heavy atom. The number of carbonyl (C=O) groups is 1. The van der Waals surface area contributed by atoms with Crippen molar-refractivity contribution in [2.75, 3.05) is 11.4 Å². The molecule has 1 amide bonds. The van der Waals surface area contributed by atoms with E-state index in [1.165, 1.54) is 21.9 Å². The van der Waals surface area contributed by atoms with Gasteiger partial charge < -0.3 is 15.0 Å². The number of rotatable bonds is 6. The summed E-state index contributed by atoms with van der Waals surface area (Å²) in [6, 6.07) is 8.90. The number of hydrogen-bond donors (Lipinski definition) is 1. The van der Waals surface area contributed by atoms with Crippen LogP contribution in [0, 0.1) is 6.92 Å². The van der Waals surface area contributed by atoms with Crippen LogP contribution in [-0.2, 0) is 11.3 Å². The lowest BCUT2D eigenvalue weighted by Gasteiger charge is -2.22. The molecule has 4 rings (SSSR count). The van der Waals surface area contributed by atoms with Crippen LogP contribution in [0.3, 0.4) is 0 Å². The van der Waals surface area contributed by atoms with Crippen LogP contribution in [0.4, 0.5) is 5.13 Å². The van der Waals surface area contributed by atoms with Gasteiger partial charge in [-0.3, -0.25) is 9.59 Å². The maximum absolute atomic E-state index is 12.9. The Bertz CT molecular complexity index is 1110. The molecule has 1 fully saturated rings. The van der Waals surface area contributed by atoms with Gasteiger partial charge in [0, 0.05) is 24.8 Å². The van der Waals surface area contributed by atoms with E-state index in [4.69, 9.17) is 4.74 Å². The number of aromatic nitrogens is 3. The molecular formula is C21H25N5O3S.